The van der Waals surface area contributed by atoms with Gasteiger partial charge in [0, 0.05) is 34.9 Å². The molecule has 26 heavy (non-hydrogen) atoms. The van der Waals surface area contributed by atoms with Gasteiger partial charge >= 0.3 is 0 Å². The number of hydrogen-bond donors (Lipinski definition) is 1. The number of amides is 1. The second-order valence-corrected chi connectivity index (χ2v) is 5.93. The molecule has 0 spiro atoms. The average Bonchev–Trinajstić information content (AvgIpc) is 2.91. The normalized spacial score (nSPS) is 11.2. The second kappa shape index (κ2) is 7.16. The fourth-order valence-corrected chi connectivity index (χ4v) is 2.90. The van der Waals surface area contributed by atoms with E-state index in [-0.39, 0.29) is 5.57 Å². The smallest absolute Gasteiger partial charge is 0.266 e. The Morgan fingerprint density at radius 1 is 1.19 bits per heavy atom. The van der Waals surface area contributed by atoms with Crippen LogP contribution in [0.5, 0.6) is 5.75 Å². The Labute approximate surface area is 152 Å². The molecule has 130 valence electrons. The molecule has 0 aliphatic rings. The molecule has 1 aromatic heterocycles. The van der Waals surface area contributed by atoms with Gasteiger partial charge in [-0.1, -0.05) is 18.2 Å². The monoisotopic (exact) mass is 345 g/mol. The predicted octanol–water partition coefficient (Wildman–Crippen LogP) is 4.04. The standard InChI is InChI=1S/C21H19N3O2/c1-14-19(18-6-4-5-7-20(18)24(14)2)12-15(13-22)21(25)23-16-8-10-17(26-3)11-9-16/h4-12H,1-3H3,(H,23,25)/b15-12+. The van der Waals surface area contributed by atoms with Crippen LogP contribution < -0.4 is 10.1 Å². The molecule has 5 nitrogen and oxygen atoms in total. The van der Waals surface area contributed by atoms with E-state index in [0.29, 0.717) is 11.4 Å². The van der Waals surface area contributed by atoms with Crippen molar-refractivity contribution in [1.29, 1.82) is 5.26 Å². The quantitative estimate of drug-likeness (QED) is 0.573. The van der Waals surface area contributed by atoms with Crippen molar-refractivity contribution >= 4 is 28.6 Å². The highest BCUT2D eigenvalue weighted by atomic mass is 16.5. The zero-order chi connectivity index (χ0) is 18.7. The van der Waals surface area contributed by atoms with Crippen molar-refractivity contribution in [3.8, 4) is 11.8 Å². The summed E-state index contributed by atoms with van der Waals surface area (Å²) in [4.78, 5) is 12.5. The molecule has 2 aromatic carbocycles. The lowest BCUT2D eigenvalue weighted by molar-refractivity contribution is -0.112. The molecule has 0 saturated heterocycles. The Hall–Kier alpha value is -3.52. The van der Waals surface area contributed by atoms with Crippen molar-refractivity contribution in [3.63, 3.8) is 0 Å². The van der Waals surface area contributed by atoms with E-state index in [4.69, 9.17) is 4.74 Å². The number of carbonyl (C=O) groups excluding carboxylic acids is 1. The number of hydrogen-bond acceptors (Lipinski definition) is 3. The van der Waals surface area contributed by atoms with Gasteiger partial charge < -0.3 is 14.6 Å². The van der Waals surface area contributed by atoms with Crippen LogP contribution in [0.1, 0.15) is 11.3 Å². The Balaban J connectivity index is 1.94. The van der Waals surface area contributed by atoms with Crippen molar-refractivity contribution in [1.82, 2.24) is 4.57 Å². The van der Waals surface area contributed by atoms with E-state index in [1.807, 2.05) is 44.3 Å². The number of aromatic nitrogens is 1. The summed E-state index contributed by atoms with van der Waals surface area (Å²) in [7, 11) is 3.55. The maximum atomic E-state index is 12.5. The van der Waals surface area contributed by atoms with Gasteiger partial charge in [-0.15, -0.1) is 0 Å². The number of anilines is 1. The number of aryl methyl sites for hydroxylation is 1. The van der Waals surface area contributed by atoms with Crippen LogP contribution in [-0.4, -0.2) is 17.6 Å². The van der Waals surface area contributed by atoms with E-state index in [9.17, 15) is 10.1 Å². The minimum Gasteiger partial charge on any atom is -0.497 e. The number of nitriles is 1. The molecular formula is C21H19N3O2. The van der Waals surface area contributed by atoms with E-state index in [1.54, 1.807) is 37.5 Å². The molecule has 0 aliphatic heterocycles. The number of ether oxygens (including phenoxy) is 1. The number of methoxy groups -OCH3 is 1. The number of fused-ring (bicyclic) bond motifs is 1. The van der Waals surface area contributed by atoms with Crippen LogP contribution in [0, 0.1) is 18.3 Å². The van der Waals surface area contributed by atoms with Crippen molar-refractivity contribution in [2.24, 2.45) is 7.05 Å². The fourth-order valence-electron chi connectivity index (χ4n) is 2.90. The number of rotatable bonds is 4. The number of para-hydroxylation sites is 1. The van der Waals surface area contributed by atoms with E-state index in [1.165, 1.54) is 0 Å². The average molecular weight is 345 g/mol. The summed E-state index contributed by atoms with van der Waals surface area (Å²) in [6.45, 7) is 1.97. The molecule has 3 rings (SSSR count). The molecule has 0 fully saturated rings. The molecule has 0 saturated carbocycles. The number of nitrogens with zero attached hydrogens (tertiary/aromatic N) is 2. The molecular weight excluding hydrogens is 326 g/mol. The lowest BCUT2D eigenvalue weighted by atomic mass is 10.1. The highest BCUT2D eigenvalue weighted by molar-refractivity contribution is 6.11. The van der Waals surface area contributed by atoms with Gasteiger partial charge in [0.2, 0.25) is 0 Å². The molecule has 0 atom stereocenters. The molecule has 0 aliphatic carbocycles. The summed E-state index contributed by atoms with van der Waals surface area (Å²) in [5.74, 6) is 0.260. The summed E-state index contributed by atoms with van der Waals surface area (Å²) in [5.41, 5.74) is 3.59. The van der Waals surface area contributed by atoms with Crippen LogP contribution in [0.3, 0.4) is 0 Å². The summed E-state index contributed by atoms with van der Waals surface area (Å²) >= 11 is 0. The molecule has 1 heterocycles. The molecule has 0 radical (unpaired) electrons. The van der Waals surface area contributed by atoms with Crippen LogP contribution in [0.2, 0.25) is 0 Å². The van der Waals surface area contributed by atoms with Gasteiger partial charge in [0.05, 0.1) is 7.11 Å². The SMILES string of the molecule is COc1ccc(NC(=O)/C(C#N)=C/c2c(C)n(C)c3ccccc23)cc1. The van der Waals surface area contributed by atoms with Crippen LogP contribution in [0.25, 0.3) is 17.0 Å². The maximum Gasteiger partial charge on any atom is 0.266 e. The van der Waals surface area contributed by atoms with Gasteiger partial charge in [0.25, 0.3) is 5.91 Å². The first-order valence-corrected chi connectivity index (χ1v) is 8.16. The van der Waals surface area contributed by atoms with Crippen LogP contribution in [0.4, 0.5) is 5.69 Å². The van der Waals surface area contributed by atoms with E-state index in [2.05, 4.69) is 9.88 Å². The van der Waals surface area contributed by atoms with Gasteiger partial charge in [-0.25, -0.2) is 0 Å². The third-order valence-electron chi connectivity index (χ3n) is 4.45. The van der Waals surface area contributed by atoms with Crippen LogP contribution in [0.15, 0.2) is 54.1 Å². The first-order valence-electron chi connectivity index (χ1n) is 8.16. The first kappa shape index (κ1) is 17.3. The zero-order valence-corrected chi connectivity index (χ0v) is 14.9. The first-order chi connectivity index (χ1) is 12.5. The minimum absolute atomic E-state index is 0.0558. The molecule has 1 amide bonds. The lowest BCUT2D eigenvalue weighted by Crippen LogP contribution is -2.13. The summed E-state index contributed by atoms with van der Waals surface area (Å²) in [5, 5.41) is 13.2. The zero-order valence-electron chi connectivity index (χ0n) is 14.9. The molecule has 0 bridgehead atoms. The number of benzene rings is 2. The van der Waals surface area contributed by atoms with Crippen LogP contribution in [-0.2, 0) is 11.8 Å². The highest BCUT2D eigenvalue weighted by Crippen LogP contribution is 2.27. The van der Waals surface area contributed by atoms with Gasteiger partial charge in [-0.05, 0) is 43.3 Å². The summed E-state index contributed by atoms with van der Waals surface area (Å²) in [6.07, 6.45) is 1.65. The Morgan fingerprint density at radius 2 is 1.88 bits per heavy atom. The minimum atomic E-state index is -0.440. The van der Waals surface area contributed by atoms with E-state index in [0.717, 1.165) is 22.2 Å². The predicted molar refractivity (Wildman–Crippen MR) is 103 cm³/mol. The topological polar surface area (TPSA) is 67.0 Å². The number of nitrogens with one attached hydrogen (secondary N) is 1. The third kappa shape index (κ3) is 3.17. The number of carbonyl (C=O) groups is 1. The van der Waals surface area contributed by atoms with Gasteiger partial charge in [-0.2, -0.15) is 5.26 Å². The molecule has 0 unspecified atom stereocenters. The van der Waals surface area contributed by atoms with Gasteiger partial charge in [0.15, 0.2) is 0 Å². The Kier molecular flexibility index (Phi) is 4.76. The van der Waals surface area contributed by atoms with Crippen molar-refractivity contribution < 1.29 is 9.53 Å². The lowest BCUT2D eigenvalue weighted by Gasteiger charge is -2.06. The molecule has 1 N–H and O–H groups in total. The highest BCUT2D eigenvalue weighted by Gasteiger charge is 2.14. The Bertz CT molecular complexity index is 1040. The van der Waals surface area contributed by atoms with E-state index >= 15 is 0 Å². The molecule has 3 aromatic rings. The largest absolute Gasteiger partial charge is 0.497 e. The van der Waals surface area contributed by atoms with E-state index < -0.39 is 5.91 Å². The Morgan fingerprint density at radius 3 is 2.54 bits per heavy atom. The van der Waals surface area contributed by atoms with Gasteiger partial charge in [-0.3, -0.25) is 4.79 Å². The van der Waals surface area contributed by atoms with Gasteiger partial charge in [0.1, 0.15) is 17.4 Å². The van der Waals surface area contributed by atoms with Crippen molar-refractivity contribution in [3.05, 3.63) is 65.4 Å². The maximum absolute atomic E-state index is 12.5. The third-order valence-corrected chi connectivity index (χ3v) is 4.45. The summed E-state index contributed by atoms with van der Waals surface area (Å²) < 4.78 is 7.15. The van der Waals surface area contributed by atoms with Crippen molar-refractivity contribution in [2.75, 3.05) is 12.4 Å². The summed E-state index contributed by atoms with van der Waals surface area (Å²) in [6, 6.07) is 16.9. The molecule has 5 heteroatoms. The second-order valence-electron chi connectivity index (χ2n) is 5.93. The fraction of sp³-hybridized carbons (Fsp3) is 0.143. The van der Waals surface area contributed by atoms with Crippen molar-refractivity contribution in [2.45, 2.75) is 6.92 Å². The van der Waals surface area contributed by atoms with Crippen LogP contribution >= 0.6 is 0 Å².